The molecule has 1 heterocycles. The molecule has 5 rings (SSSR count). The lowest BCUT2D eigenvalue weighted by molar-refractivity contribution is 0.151. The molecule has 0 saturated carbocycles. The second-order valence-corrected chi connectivity index (χ2v) is 8.10. The minimum atomic E-state index is -1.06. The maximum Gasteiger partial charge on any atom is 0.428 e. The molecule has 8 heteroatoms. The molecule has 36 heavy (non-hydrogen) atoms. The van der Waals surface area contributed by atoms with Crippen molar-refractivity contribution in [1.82, 2.24) is 15.1 Å². The van der Waals surface area contributed by atoms with Gasteiger partial charge in [0, 0.05) is 11.1 Å². The molecule has 5 aromatic rings. The van der Waals surface area contributed by atoms with Crippen molar-refractivity contribution >= 4 is 17.1 Å². The normalized spacial score (nSPS) is 11.7. The fourth-order valence-corrected chi connectivity index (χ4v) is 3.88. The highest BCUT2D eigenvalue weighted by Gasteiger charge is 2.22. The molecule has 1 unspecified atom stereocenters. The van der Waals surface area contributed by atoms with Crippen molar-refractivity contribution in [3.05, 3.63) is 125 Å². The summed E-state index contributed by atoms with van der Waals surface area (Å²) in [5.74, 6) is 0.556. The zero-order valence-corrected chi connectivity index (χ0v) is 19.3. The fraction of sp³-hybridized carbons (Fsp3) is 0.107. The third-order valence-electron chi connectivity index (χ3n) is 5.65. The molecule has 180 valence electrons. The van der Waals surface area contributed by atoms with Gasteiger partial charge >= 0.3 is 6.09 Å². The van der Waals surface area contributed by atoms with E-state index >= 15 is 0 Å². The van der Waals surface area contributed by atoms with Crippen molar-refractivity contribution in [3.8, 4) is 5.75 Å². The first kappa shape index (κ1) is 23.1. The number of carbonyl (C=O) groups is 1. The van der Waals surface area contributed by atoms with Gasteiger partial charge in [0.05, 0.1) is 0 Å². The van der Waals surface area contributed by atoms with E-state index in [0.717, 1.165) is 11.1 Å². The molecule has 0 saturated heterocycles. The van der Waals surface area contributed by atoms with Gasteiger partial charge in [-0.05, 0) is 28.5 Å². The smallest absolute Gasteiger partial charge is 0.428 e. The van der Waals surface area contributed by atoms with E-state index in [1.807, 2.05) is 78.9 Å². The van der Waals surface area contributed by atoms with Crippen molar-refractivity contribution in [2.24, 2.45) is 0 Å². The molecule has 0 aliphatic heterocycles. The summed E-state index contributed by atoms with van der Waals surface area (Å²) < 4.78 is 11.3. The standard InChI is InChI=1S/C28H24N4O4/c33-27(22-14-7-8-17-25(22)35-18-20-10-3-1-4-11-20)23-15-9-16-24-26(23)32(31-29-24)30-28(34)36-19-21-12-5-2-6-13-21/h1-17,27,33H,18-19H2,(H,30,34). The van der Waals surface area contributed by atoms with Crippen LogP contribution in [0, 0.1) is 0 Å². The number of aliphatic hydroxyl groups excluding tert-OH is 1. The molecule has 1 aromatic heterocycles. The average Bonchev–Trinajstić information content (AvgIpc) is 3.34. The number of para-hydroxylation sites is 2. The Morgan fingerprint density at radius 3 is 2.19 bits per heavy atom. The van der Waals surface area contributed by atoms with Gasteiger partial charge in [0.15, 0.2) is 0 Å². The van der Waals surface area contributed by atoms with Crippen molar-refractivity contribution in [1.29, 1.82) is 0 Å². The van der Waals surface area contributed by atoms with Crippen LogP contribution in [-0.4, -0.2) is 26.3 Å². The highest BCUT2D eigenvalue weighted by Crippen LogP contribution is 2.33. The molecule has 0 aliphatic carbocycles. The summed E-state index contributed by atoms with van der Waals surface area (Å²) in [6, 6.07) is 31.8. The number of hydrogen-bond acceptors (Lipinski definition) is 6. The SMILES string of the molecule is O=C(Nn1nnc2cccc(C(O)c3ccccc3OCc3ccccc3)c21)OCc1ccccc1. The van der Waals surface area contributed by atoms with Crippen LogP contribution in [0.5, 0.6) is 5.75 Å². The van der Waals surface area contributed by atoms with Crippen LogP contribution in [0.1, 0.15) is 28.4 Å². The zero-order chi connectivity index (χ0) is 24.7. The Morgan fingerprint density at radius 2 is 1.44 bits per heavy atom. The van der Waals surface area contributed by atoms with E-state index in [9.17, 15) is 9.90 Å². The number of ether oxygens (including phenoxy) is 2. The lowest BCUT2D eigenvalue weighted by Gasteiger charge is -2.18. The van der Waals surface area contributed by atoms with E-state index in [1.54, 1.807) is 24.3 Å². The van der Waals surface area contributed by atoms with Crippen LogP contribution in [-0.2, 0) is 18.0 Å². The van der Waals surface area contributed by atoms with Crippen LogP contribution < -0.4 is 10.2 Å². The van der Waals surface area contributed by atoms with Crippen molar-refractivity contribution in [2.45, 2.75) is 19.3 Å². The summed E-state index contributed by atoms with van der Waals surface area (Å²) in [5, 5.41) is 19.6. The number of rotatable bonds is 8. The summed E-state index contributed by atoms with van der Waals surface area (Å²) in [6.45, 7) is 0.476. The molecule has 1 atom stereocenters. The number of aliphatic hydroxyl groups is 1. The summed E-state index contributed by atoms with van der Waals surface area (Å²) in [6.07, 6.45) is -1.75. The van der Waals surface area contributed by atoms with Crippen LogP contribution >= 0.6 is 0 Å². The number of hydrogen-bond donors (Lipinski definition) is 2. The predicted molar refractivity (Wildman–Crippen MR) is 135 cm³/mol. The van der Waals surface area contributed by atoms with Crippen molar-refractivity contribution < 1.29 is 19.4 Å². The molecular formula is C28H24N4O4. The third-order valence-corrected chi connectivity index (χ3v) is 5.65. The topological polar surface area (TPSA) is 98.5 Å². The lowest BCUT2D eigenvalue weighted by atomic mass is 9.99. The quantitative estimate of drug-likeness (QED) is 0.325. The number of nitrogens with one attached hydrogen (secondary N) is 1. The van der Waals surface area contributed by atoms with E-state index in [0.29, 0.717) is 34.5 Å². The number of amides is 1. The van der Waals surface area contributed by atoms with Gasteiger partial charge in [0.1, 0.15) is 36.1 Å². The molecule has 0 aliphatic rings. The Morgan fingerprint density at radius 1 is 0.806 bits per heavy atom. The minimum Gasteiger partial charge on any atom is -0.489 e. The van der Waals surface area contributed by atoms with E-state index in [1.165, 1.54) is 4.79 Å². The van der Waals surface area contributed by atoms with E-state index in [2.05, 4.69) is 15.7 Å². The van der Waals surface area contributed by atoms with Crippen LogP contribution in [0.2, 0.25) is 0 Å². The predicted octanol–water partition coefficient (Wildman–Crippen LogP) is 4.97. The summed E-state index contributed by atoms with van der Waals surface area (Å²) in [4.78, 5) is 13.7. The highest BCUT2D eigenvalue weighted by molar-refractivity contribution is 5.83. The monoisotopic (exact) mass is 480 g/mol. The molecule has 2 N–H and O–H groups in total. The minimum absolute atomic E-state index is 0.112. The Hall–Kier alpha value is -4.69. The van der Waals surface area contributed by atoms with Gasteiger partial charge in [-0.2, -0.15) is 0 Å². The molecule has 1 amide bonds. The van der Waals surface area contributed by atoms with Gasteiger partial charge in [0.2, 0.25) is 0 Å². The Bertz CT molecular complexity index is 1450. The Kier molecular flexibility index (Phi) is 6.86. The molecule has 0 fully saturated rings. The van der Waals surface area contributed by atoms with Crippen molar-refractivity contribution in [3.63, 3.8) is 0 Å². The summed E-state index contributed by atoms with van der Waals surface area (Å²) >= 11 is 0. The maximum atomic E-state index is 12.4. The fourth-order valence-electron chi connectivity index (χ4n) is 3.88. The summed E-state index contributed by atoms with van der Waals surface area (Å²) in [7, 11) is 0. The number of benzene rings is 4. The van der Waals surface area contributed by atoms with E-state index in [-0.39, 0.29) is 6.61 Å². The van der Waals surface area contributed by atoms with E-state index in [4.69, 9.17) is 9.47 Å². The molecule has 8 nitrogen and oxygen atoms in total. The zero-order valence-electron chi connectivity index (χ0n) is 19.3. The largest absolute Gasteiger partial charge is 0.489 e. The average molecular weight is 481 g/mol. The number of aromatic nitrogens is 3. The summed E-state index contributed by atoms with van der Waals surface area (Å²) in [5.41, 5.74) is 6.53. The van der Waals surface area contributed by atoms with Gasteiger partial charge < -0.3 is 14.6 Å². The Balaban J connectivity index is 1.38. The molecule has 4 aromatic carbocycles. The van der Waals surface area contributed by atoms with Gasteiger partial charge in [-0.1, -0.05) is 91.0 Å². The van der Waals surface area contributed by atoms with Gasteiger partial charge in [-0.15, -0.1) is 9.89 Å². The third kappa shape index (κ3) is 5.18. The van der Waals surface area contributed by atoms with Crippen LogP contribution in [0.3, 0.4) is 0 Å². The highest BCUT2D eigenvalue weighted by atomic mass is 16.6. The molecule has 0 spiro atoms. The molecular weight excluding hydrogens is 456 g/mol. The Labute approximate surface area is 207 Å². The van der Waals surface area contributed by atoms with Gasteiger partial charge in [-0.25, -0.2) is 10.2 Å². The second kappa shape index (κ2) is 10.7. The van der Waals surface area contributed by atoms with Crippen LogP contribution in [0.4, 0.5) is 4.79 Å². The van der Waals surface area contributed by atoms with Crippen molar-refractivity contribution in [2.75, 3.05) is 5.43 Å². The van der Waals surface area contributed by atoms with Crippen LogP contribution in [0.25, 0.3) is 11.0 Å². The second-order valence-electron chi connectivity index (χ2n) is 8.10. The number of nitrogens with zero attached hydrogens (tertiary/aromatic N) is 3. The first-order valence-corrected chi connectivity index (χ1v) is 11.4. The van der Waals surface area contributed by atoms with Gasteiger partial charge in [-0.3, -0.25) is 0 Å². The first-order valence-electron chi connectivity index (χ1n) is 11.4. The van der Waals surface area contributed by atoms with Crippen LogP contribution in [0.15, 0.2) is 103 Å². The lowest BCUT2D eigenvalue weighted by Crippen LogP contribution is -2.25. The van der Waals surface area contributed by atoms with Gasteiger partial charge in [0.25, 0.3) is 0 Å². The molecule has 0 radical (unpaired) electrons. The first-order chi connectivity index (χ1) is 17.7. The molecule has 0 bridgehead atoms. The number of carbonyl (C=O) groups excluding carboxylic acids is 1. The van der Waals surface area contributed by atoms with E-state index < -0.39 is 12.2 Å². The maximum absolute atomic E-state index is 12.4. The number of fused-ring (bicyclic) bond motifs is 1.